The maximum Gasteiger partial charge on any atom is 0.0963 e. The number of hydrogen-bond acceptors (Lipinski definition) is 4. The molecule has 0 saturated carbocycles. The van der Waals surface area contributed by atoms with Gasteiger partial charge in [0.15, 0.2) is 0 Å². The van der Waals surface area contributed by atoms with Gasteiger partial charge >= 0.3 is 0 Å². The minimum absolute atomic E-state index is 0.00286. The van der Waals surface area contributed by atoms with E-state index in [1.807, 2.05) is 0 Å². The van der Waals surface area contributed by atoms with Gasteiger partial charge in [0.05, 0.1) is 24.4 Å². The summed E-state index contributed by atoms with van der Waals surface area (Å²) in [6.45, 7) is 13.2. The van der Waals surface area contributed by atoms with E-state index in [1.54, 1.807) is 0 Å². The zero-order valence-electron chi connectivity index (χ0n) is 22.5. The fourth-order valence-electron chi connectivity index (χ4n) is 7.29. The Morgan fingerprint density at radius 3 is 1.44 bits per heavy atom. The van der Waals surface area contributed by atoms with E-state index in [0.717, 1.165) is 38.9 Å². The van der Waals surface area contributed by atoms with Crippen molar-refractivity contribution >= 4 is 0 Å². The van der Waals surface area contributed by atoms with Gasteiger partial charge in [0.25, 0.3) is 0 Å². The summed E-state index contributed by atoms with van der Waals surface area (Å²) in [4.78, 5) is 5.34. The second-order valence-corrected chi connectivity index (χ2v) is 12.0. The molecule has 0 radical (unpaired) electrons. The highest BCUT2D eigenvalue weighted by molar-refractivity contribution is 5.39. The van der Waals surface area contributed by atoms with Crippen molar-refractivity contribution in [1.82, 2.24) is 9.80 Å². The van der Waals surface area contributed by atoms with Crippen molar-refractivity contribution in [2.24, 2.45) is 0 Å². The Hall–Kier alpha value is -1.72. The van der Waals surface area contributed by atoms with Crippen LogP contribution in [0.3, 0.4) is 0 Å². The highest BCUT2D eigenvalue weighted by Gasteiger charge is 2.43. The summed E-state index contributed by atoms with van der Waals surface area (Å²) >= 11 is 0. The van der Waals surface area contributed by atoms with Crippen molar-refractivity contribution in [3.8, 4) is 0 Å². The summed E-state index contributed by atoms with van der Waals surface area (Å²) < 4.78 is 12.8. The van der Waals surface area contributed by atoms with Crippen LogP contribution in [0.1, 0.15) is 84.7 Å². The molecule has 0 aliphatic carbocycles. The van der Waals surface area contributed by atoms with Gasteiger partial charge in [-0.25, -0.2) is 0 Å². The first-order valence-corrected chi connectivity index (χ1v) is 14.5. The fraction of sp³-hybridized carbons (Fsp3) is 0.625. The lowest BCUT2D eigenvalue weighted by molar-refractivity contribution is -0.0793. The zero-order valence-corrected chi connectivity index (χ0v) is 22.5. The Balaban J connectivity index is 0.867. The molecular formula is C32H44N2O2. The maximum atomic E-state index is 6.38. The molecule has 4 aliphatic heterocycles. The minimum atomic E-state index is -0.00286. The number of likely N-dealkylation sites (tertiary alicyclic amines) is 2. The molecule has 0 bridgehead atoms. The number of unbranched alkanes of at least 4 members (excludes halogenated alkanes) is 3. The summed E-state index contributed by atoms with van der Waals surface area (Å²) in [5.41, 5.74) is 8.46. The summed E-state index contributed by atoms with van der Waals surface area (Å²) in [7, 11) is 0. The van der Waals surface area contributed by atoms with E-state index in [0.29, 0.717) is 0 Å². The van der Waals surface area contributed by atoms with E-state index < -0.39 is 0 Å². The van der Waals surface area contributed by atoms with Crippen molar-refractivity contribution in [2.45, 2.75) is 89.6 Å². The molecule has 2 aromatic rings. The number of benzene rings is 2. The maximum absolute atomic E-state index is 6.38. The largest absolute Gasteiger partial charge is 0.365 e. The number of fused-ring (bicyclic) bond motifs is 4. The molecular weight excluding hydrogens is 444 g/mol. The van der Waals surface area contributed by atoms with E-state index in [1.165, 1.54) is 98.3 Å². The third kappa shape index (κ3) is 4.78. The van der Waals surface area contributed by atoms with Crippen LogP contribution in [0.4, 0.5) is 0 Å². The number of hydrogen-bond donors (Lipinski definition) is 0. The minimum Gasteiger partial charge on any atom is -0.365 e. The lowest BCUT2D eigenvalue weighted by atomic mass is 9.83. The quantitative estimate of drug-likeness (QED) is 0.433. The molecule has 36 heavy (non-hydrogen) atoms. The van der Waals surface area contributed by atoms with Gasteiger partial charge in [-0.3, -0.25) is 0 Å². The van der Waals surface area contributed by atoms with Crippen LogP contribution >= 0.6 is 0 Å². The van der Waals surface area contributed by atoms with Crippen LogP contribution in [-0.2, 0) is 33.9 Å². The van der Waals surface area contributed by atoms with Crippen LogP contribution in [-0.4, -0.2) is 49.1 Å². The van der Waals surface area contributed by atoms with Gasteiger partial charge in [-0.05, 0) is 87.7 Å². The van der Waals surface area contributed by atoms with Gasteiger partial charge < -0.3 is 19.3 Å². The van der Waals surface area contributed by atoms with E-state index in [-0.39, 0.29) is 11.2 Å². The normalized spacial score (nSPS) is 22.8. The van der Waals surface area contributed by atoms with Crippen molar-refractivity contribution < 1.29 is 9.47 Å². The van der Waals surface area contributed by atoms with Crippen LogP contribution in [0, 0.1) is 13.8 Å². The molecule has 0 atom stereocenters. The van der Waals surface area contributed by atoms with E-state index in [2.05, 4.69) is 60.0 Å². The summed E-state index contributed by atoms with van der Waals surface area (Å²) in [5, 5.41) is 0. The molecule has 4 aliphatic rings. The zero-order chi connectivity index (χ0) is 24.6. The predicted molar refractivity (Wildman–Crippen MR) is 145 cm³/mol. The Morgan fingerprint density at radius 2 is 1.03 bits per heavy atom. The molecule has 0 unspecified atom stereocenters. The monoisotopic (exact) mass is 488 g/mol. The molecule has 6 rings (SSSR count). The van der Waals surface area contributed by atoms with Crippen LogP contribution in [0.5, 0.6) is 0 Å². The Bertz CT molecular complexity index is 978. The lowest BCUT2D eigenvalue weighted by Crippen LogP contribution is -2.43. The van der Waals surface area contributed by atoms with Gasteiger partial charge in [0.1, 0.15) is 0 Å². The molecule has 0 N–H and O–H groups in total. The molecule has 0 aromatic heterocycles. The summed E-state index contributed by atoms with van der Waals surface area (Å²) in [5.74, 6) is 0. The first-order valence-electron chi connectivity index (χ1n) is 14.5. The molecule has 2 aromatic carbocycles. The predicted octanol–water partition coefficient (Wildman–Crippen LogP) is 6.21. The molecule has 2 fully saturated rings. The SMILES string of the molecule is Cc1ccc2c(c1)COC21CCN(CCCCCCN2CCC3(CC2)OCc2cc(C)ccc23)CC1. The van der Waals surface area contributed by atoms with Crippen molar-refractivity contribution in [3.63, 3.8) is 0 Å². The standard InChI is InChI=1S/C32H44N2O2/c1-25-7-9-29-27(21-25)23-35-31(29)11-17-33(18-12-31)15-5-3-4-6-16-34-19-13-32(14-20-34)30-10-8-26(2)22-28(30)24-36-32/h7-10,21-22H,3-6,11-20,23-24H2,1-2H3. The van der Waals surface area contributed by atoms with Gasteiger partial charge in [0, 0.05) is 26.2 Å². The molecule has 194 valence electrons. The number of ether oxygens (including phenoxy) is 2. The van der Waals surface area contributed by atoms with Crippen molar-refractivity contribution in [3.05, 3.63) is 69.8 Å². The molecule has 4 nitrogen and oxygen atoms in total. The van der Waals surface area contributed by atoms with E-state index >= 15 is 0 Å². The van der Waals surface area contributed by atoms with E-state index in [9.17, 15) is 0 Å². The van der Waals surface area contributed by atoms with Gasteiger partial charge in [-0.15, -0.1) is 0 Å². The highest BCUT2D eigenvalue weighted by Crippen LogP contribution is 2.45. The second-order valence-electron chi connectivity index (χ2n) is 12.0. The lowest BCUT2D eigenvalue weighted by Gasteiger charge is -2.39. The van der Waals surface area contributed by atoms with Crippen molar-refractivity contribution in [1.29, 1.82) is 0 Å². The van der Waals surface area contributed by atoms with E-state index in [4.69, 9.17) is 9.47 Å². The molecule has 4 heteroatoms. The number of piperidine rings is 2. The average Bonchev–Trinajstić information content (AvgIpc) is 3.41. The summed E-state index contributed by atoms with van der Waals surface area (Å²) in [6, 6.07) is 13.8. The van der Waals surface area contributed by atoms with Gasteiger partial charge in [-0.1, -0.05) is 60.4 Å². The molecule has 0 amide bonds. The van der Waals surface area contributed by atoms with Gasteiger partial charge in [-0.2, -0.15) is 0 Å². The highest BCUT2D eigenvalue weighted by atomic mass is 16.5. The topological polar surface area (TPSA) is 24.9 Å². The number of rotatable bonds is 7. The fourth-order valence-corrected chi connectivity index (χ4v) is 7.29. The Kier molecular flexibility index (Phi) is 6.98. The first-order chi connectivity index (χ1) is 17.6. The van der Waals surface area contributed by atoms with Crippen LogP contribution < -0.4 is 0 Å². The second kappa shape index (κ2) is 10.2. The van der Waals surface area contributed by atoms with Gasteiger partial charge in [0.2, 0.25) is 0 Å². The summed E-state index contributed by atoms with van der Waals surface area (Å²) in [6.07, 6.45) is 9.95. The van der Waals surface area contributed by atoms with Crippen LogP contribution in [0.15, 0.2) is 36.4 Å². The third-order valence-corrected chi connectivity index (χ3v) is 9.54. The third-order valence-electron chi connectivity index (χ3n) is 9.54. The Labute approximate surface area is 218 Å². The van der Waals surface area contributed by atoms with Crippen LogP contribution in [0.2, 0.25) is 0 Å². The molecule has 2 spiro atoms. The van der Waals surface area contributed by atoms with Crippen molar-refractivity contribution in [2.75, 3.05) is 39.3 Å². The Morgan fingerprint density at radius 1 is 0.611 bits per heavy atom. The average molecular weight is 489 g/mol. The molecule has 4 heterocycles. The number of nitrogens with zero attached hydrogens (tertiary/aromatic N) is 2. The number of aryl methyl sites for hydroxylation is 2. The smallest absolute Gasteiger partial charge is 0.0963 e. The molecule has 2 saturated heterocycles. The van der Waals surface area contributed by atoms with Crippen LogP contribution in [0.25, 0.3) is 0 Å². The first kappa shape index (κ1) is 24.6.